The SMILES string of the molecule is COc1ccc(/C=c2\[nH]c(=O)/c(=C/c3ccc(OCCCN(C)C)cc3)[nH]c2=O)cc1. The van der Waals surface area contributed by atoms with E-state index in [2.05, 4.69) is 14.9 Å². The number of nitrogens with one attached hydrogen (secondary N) is 2. The number of benzene rings is 2. The Hall–Kier alpha value is -3.58. The molecule has 0 amide bonds. The van der Waals surface area contributed by atoms with Crippen molar-refractivity contribution < 1.29 is 9.47 Å². The van der Waals surface area contributed by atoms with Crippen LogP contribution in [0.5, 0.6) is 11.5 Å². The summed E-state index contributed by atoms with van der Waals surface area (Å²) in [5.41, 5.74) is 0.819. The Kier molecular flexibility index (Phi) is 7.45. The summed E-state index contributed by atoms with van der Waals surface area (Å²) < 4.78 is 10.8. The lowest BCUT2D eigenvalue weighted by Gasteiger charge is -2.10. The summed E-state index contributed by atoms with van der Waals surface area (Å²) >= 11 is 0. The highest BCUT2D eigenvalue weighted by Crippen LogP contribution is 2.13. The van der Waals surface area contributed by atoms with Gasteiger partial charge < -0.3 is 24.3 Å². The molecule has 2 N–H and O–H groups in total. The van der Waals surface area contributed by atoms with Crippen LogP contribution in [0.2, 0.25) is 0 Å². The fraction of sp³-hybridized carbons (Fsp3) is 0.250. The second-order valence-electron chi connectivity index (χ2n) is 7.37. The molecule has 2 aromatic carbocycles. The highest BCUT2D eigenvalue weighted by Gasteiger charge is 1.99. The Morgan fingerprint density at radius 1 is 0.806 bits per heavy atom. The number of aromatic amines is 2. The first-order chi connectivity index (χ1) is 14.9. The first-order valence-corrected chi connectivity index (χ1v) is 10.0. The zero-order valence-corrected chi connectivity index (χ0v) is 18.0. The molecule has 0 aliphatic carbocycles. The second kappa shape index (κ2) is 10.4. The van der Waals surface area contributed by atoms with Crippen molar-refractivity contribution in [3.63, 3.8) is 0 Å². The van der Waals surface area contributed by atoms with Crippen molar-refractivity contribution in [3.8, 4) is 11.5 Å². The van der Waals surface area contributed by atoms with E-state index in [1.54, 1.807) is 43.5 Å². The maximum absolute atomic E-state index is 12.5. The second-order valence-corrected chi connectivity index (χ2v) is 7.37. The molecule has 0 atom stereocenters. The minimum absolute atomic E-state index is 0.189. The van der Waals surface area contributed by atoms with Gasteiger partial charge in [-0.05, 0) is 68.1 Å². The monoisotopic (exact) mass is 421 g/mol. The lowest BCUT2D eigenvalue weighted by atomic mass is 10.2. The topological polar surface area (TPSA) is 87.4 Å². The molecule has 0 spiro atoms. The van der Waals surface area contributed by atoms with E-state index >= 15 is 0 Å². The number of hydrogen-bond acceptors (Lipinski definition) is 5. The van der Waals surface area contributed by atoms with Crippen LogP contribution in [-0.4, -0.2) is 49.2 Å². The normalized spacial score (nSPS) is 12.4. The Labute approximate surface area is 180 Å². The summed E-state index contributed by atoms with van der Waals surface area (Å²) in [4.78, 5) is 32.3. The van der Waals surface area contributed by atoms with Gasteiger partial charge >= 0.3 is 0 Å². The van der Waals surface area contributed by atoms with Gasteiger partial charge in [0.1, 0.15) is 22.2 Å². The molecule has 0 aliphatic heterocycles. The van der Waals surface area contributed by atoms with E-state index in [0.29, 0.717) is 6.61 Å². The van der Waals surface area contributed by atoms with Crippen molar-refractivity contribution in [2.45, 2.75) is 6.42 Å². The summed E-state index contributed by atoms with van der Waals surface area (Å²) in [6, 6.07) is 14.6. The van der Waals surface area contributed by atoms with E-state index in [1.165, 1.54) is 0 Å². The van der Waals surface area contributed by atoms with Crippen LogP contribution in [0.4, 0.5) is 0 Å². The maximum Gasteiger partial charge on any atom is 0.272 e. The molecular weight excluding hydrogens is 394 g/mol. The summed E-state index contributed by atoms with van der Waals surface area (Å²) in [6.45, 7) is 1.61. The minimum Gasteiger partial charge on any atom is -0.497 e. The number of hydrogen-bond donors (Lipinski definition) is 2. The molecule has 0 fully saturated rings. The number of rotatable bonds is 8. The van der Waals surface area contributed by atoms with Crippen LogP contribution in [0.25, 0.3) is 12.2 Å². The molecule has 162 valence electrons. The summed E-state index contributed by atoms with van der Waals surface area (Å²) in [5, 5.41) is 0.380. The lowest BCUT2D eigenvalue weighted by Crippen LogP contribution is -2.46. The summed E-state index contributed by atoms with van der Waals surface area (Å²) in [7, 11) is 5.64. The molecule has 0 bridgehead atoms. The van der Waals surface area contributed by atoms with Crippen LogP contribution in [0, 0.1) is 0 Å². The van der Waals surface area contributed by atoms with Gasteiger partial charge in [-0.1, -0.05) is 24.3 Å². The van der Waals surface area contributed by atoms with Gasteiger partial charge in [0, 0.05) is 6.54 Å². The Bertz CT molecular complexity index is 1220. The third-order valence-electron chi connectivity index (χ3n) is 4.62. The predicted octanol–water partition coefficient (Wildman–Crippen LogP) is 1.06. The smallest absolute Gasteiger partial charge is 0.272 e. The predicted molar refractivity (Wildman–Crippen MR) is 122 cm³/mol. The molecule has 3 aromatic rings. The van der Waals surface area contributed by atoms with Crippen molar-refractivity contribution in [3.05, 3.63) is 91.1 Å². The third-order valence-corrected chi connectivity index (χ3v) is 4.62. The molecule has 0 radical (unpaired) electrons. The largest absolute Gasteiger partial charge is 0.497 e. The minimum atomic E-state index is -0.373. The third kappa shape index (κ3) is 6.45. The van der Waals surface area contributed by atoms with Crippen LogP contribution in [0.3, 0.4) is 0 Å². The van der Waals surface area contributed by atoms with Gasteiger partial charge in [-0.3, -0.25) is 9.59 Å². The van der Waals surface area contributed by atoms with Gasteiger partial charge in [-0.15, -0.1) is 0 Å². The number of aromatic nitrogens is 2. The summed E-state index contributed by atoms with van der Waals surface area (Å²) in [6.07, 6.45) is 4.19. The van der Waals surface area contributed by atoms with E-state index in [4.69, 9.17) is 9.47 Å². The fourth-order valence-electron chi connectivity index (χ4n) is 2.96. The average Bonchev–Trinajstić information content (AvgIpc) is 2.76. The number of methoxy groups -OCH3 is 1. The quantitative estimate of drug-likeness (QED) is 0.531. The molecule has 3 rings (SSSR count). The average molecular weight is 421 g/mol. The Balaban J connectivity index is 1.78. The van der Waals surface area contributed by atoms with Crippen LogP contribution in [0.15, 0.2) is 58.1 Å². The van der Waals surface area contributed by atoms with Gasteiger partial charge in [0.15, 0.2) is 0 Å². The van der Waals surface area contributed by atoms with E-state index in [0.717, 1.165) is 35.6 Å². The van der Waals surface area contributed by atoms with E-state index in [1.807, 2.05) is 38.4 Å². The molecule has 1 heterocycles. The fourth-order valence-corrected chi connectivity index (χ4v) is 2.96. The molecule has 7 nitrogen and oxygen atoms in total. The highest BCUT2D eigenvalue weighted by atomic mass is 16.5. The molecule has 0 saturated carbocycles. The number of nitrogens with zero attached hydrogens (tertiary/aromatic N) is 1. The lowest BCUT2D eigenvalue weighted by molar-refractivity contribution is 0.281. The molecule has 0 aliphatic rings. The first-order valence-electron chi connectivity index (χ1n) is 10.0. The van der Waals surface area contributed by atoms with Crippen LogP contribution < -0.4 is 31.3 Å². The van der Waals surface area contributed by atoms with Crippen molar-refractivity contribution in [2.24, 2.45) is 0 Å². The van der Waals surface area contributed by atoms with Crippen molar-refractivity contribution in [2.75, 3.05) is 34.4 Å². The summed E-state index contributed by atoms with van der Waals surface area (Å²) in [5.74, 6) is 1.48. The Morgan fingerprint density at radius 2 is 1.29 bits per heavy atom. The van der Waals surface area contributed by atoms with E-state index in [9.17, 15) is 9.59 Å². The van der Waals surface area contributed by atoms with Crippen LogP contribution in [-0.2, 0) is 0 Å². The molecule has 0 saturated heterocycles. The molecular formula is C24H27N3O4. The van der Waals surface area contributed by atoms with Crippen LogP contribution >= 0.6 is 0 Å². The molecule has 31 heavy (non-hydrogen) atoms. The number of ether oxygens (including phenoxy) is 2. The van der Waals surface area contributed by atoms with Gasteiger partial charge in [0.05, 0.1) is 13.7 Å². The van der Waals surface area contributed by atoms with Crippen molar-refractivity contribution in [1.82, 2.24) is 14.9 Å². The van der Waals surface area contributed by atoms with E-state index in [-0.39, 0.29) is 21.8 Å². The van der Waals surface area contributed by atoms with Gasteiger partial charge in [0.2, 0.25) is 0 Å². The molecule has 7 heteroatoms. The molecule has 1 aromatic heterocycles. The van der Waals surface area contributed by atoms with Gasteiger partial charge in [-0.25, -0.2) is 0 Å². The van der Waals surface area contributed by atoms with Gasteiger partial charge in [0.25, 0.3) is 11.1 Å². The van der Waals surface area contributed by atoms with E-state index < -0.39 is 0 Å². The maximum atomic E-state index is 12.5. The zero-order chi connectivity index (χ0) is 22.2. The molecule has 0 unspecified atom stereocenters. The standard InChI is InChI=1S/C24H27N3O4/c1-27(2)13-4-14-31-20-11-7-18(8-12-20)16-22-24(29)25-21(23(28)26-22)15-17-5-9-19(30-3)10-6-17/h5-12,15-16H,4,13-14H2,1-3H3,(H,25,29)(H,26,28)/b21-15-,22-16-. The van der Waals surface area contributed by atoms with Gasteiger partial charge in [-0.2, -0.15) is 0 Å². The zero-order valence-electron chi connectivity index (χ0n) is 18.0. The highest BCUT2D eigenvalue weighted by molar-refractivity contribution is 5.51. The van der Waals surface area contributed by atoms with Crippen molar-refractivity contribution >= 4 is 12.2 Å². The Morgan fingerprint density at radius 3 is 1.74 bits per heavy atom. The van der Waals surface area contributed by atoms with Crippen LogP contribution in [0.1, 0.15) is 17.5 Å². The number of H-pyrrole nitrogens is 2. The first kappa shape index (κ1) is 22.1. The van der Waals surface area contributed by atoms with Crippen molar-refractivity contribution in [1.29, 1.82) is 0 Å².